The number of phenolic OH excluding ortho intramolecular Hbond substituents is 3. The molecule has 0 aliphatic rings. The van der Waals surface area contributed by atoms with Crippen LogP contribution in [-0.2, 0) is 19.3 Å². The van der Waals surface area contributed by atoms with Gasteiger partial charge in [-0.2, -0.15) is 0 Å². The van der Waals surface area contributed by atoms with Crippen LogP contribution in [0.2, 0.25) is 0 Å². The summed E-state index contributed by atoms with van der Waals surface area (Å²) >= 11 is 0. The first-order chi connectivity index (χ1) is 11.8. The number of ether oxygens (including phenoxy) is 1. The van der Waals surface area contributed by atoms with Crippen molar-refractivity contribution in [2.24, 2.45) is 0 Å². The van der Waals surface area contributed by atoms with Crippen LogP contribution in [0.5, 0.6) is 23.0 Å². The molecule has 0 saturated heterocycles. The van der Waals surface area contributed by atoms with Gasteiger partial charge in [-0.15, -0.1) is 0 Å². The Morgan fingerprint density at radius 3 is 2.36 bits per heavy atom. The predicted octanol–water partition coefficient (Wildman–Crippen LogP) is 4.41. The van der Waals surface area contributed by atoms with Gasteiger partial charge in [0.15, 0.2) is 11.5 Å². The monoisotopic (exact) mass is 342 g/mol. The second-order valence-electron chi connectivity index (χ2n) is 6.46. The van der Waals surface area contributed by atoms with Crippen molar-refractivity contribution in [1.29, 1.82) is 0 Å². The summed E-state index contributed by atoms with van der Waals surface area (Å²) in [7, 11) is 1.61. The first-order valence-corrected chi connectivity index (χ1v) is 8.36. The lowest BCUT2D eigenvalue weighted by atomic mass is 9.93. The van der Waals surface area contributed by atoms with Crippen LogP contribution in [0.1, 0.15) is 36.1 Å². The van der Waals surface area contributed by atoms with Crippen LogP contribution >= 0.6 is 0 Å². The third kappa shape index (κ3) is 4.27. The van der Waals surface area contributed by atoms with Crippen molar-refractivity contribution in [3.63, 3.8) is 0 Å². The van der Waals surface area contributed by atoms with E-state index in [9.17, 15) is 15.3 Å². The van der Waals surface area contributed by atoms with Crippen LogP contribution in [0.3, 0.4) is 0 Å². The van der Waals surface area contributed by atoms with Crippen molar-refractivity contribution in [3.8, 4) is 23.0 Å². The van der Waals surface area contributed by atoms with E-state index in [1.807, 2.05) is 20.8 Å². The van der Waals surface area contributed by atoms with E-state index < -0.39 is 0 Å². The van der Waals surface area contributed by atoms with E-state index in [2.05, 4.69) is 6.08 Å². The van der Waals surface area contributed by atoms with Crippen LogP contribution in [-0.4, -0.2) is 22.4 Å². The number of benzene rings is 2. The Bertz CT molecular complexity index is 787. The Morgan fingerprint density at radius 2 is 1.72 bits per heavy atom. The molecule has 25 heavy (non-hydrogen) atoms. The lowest BCUT2D eigenvalue weighted by Crippen LogP contribution is -2.02. The Balaban J connectivity index is 2.40. The van der Waals surface area contributed by atoms with Gasteiger partial charge in [0.25, 0.3) is 0 Å². The quantitative estimate of drug-likeness (QED) is 0.537. The molecule has 0 atom stereocenters. The summed E-state index contributed by atoms with van der Waals surface area (Å²) < 4.78 is 5.55. The molecule has 0 heterocycles. The molecule has 2 aromatic carbocycles. The van der Waals surface area contributed by atoms with Gasteiger partial charge in [0.2, 0.25) is 0 Å². The van der Waals surface area contributed by atoms with Crippen molar-refractivity contribution >= 4 is 0 Å². The fraction of sp³-hybridized carbons (Fsp3) is 0.333. The second kappa shape index (κ2) is 7.97. The normalized spacial score (nSPS) is 10.6. The second-order valence-corrected chi connectivity index (χ2v) is 6.46. The van der Waals surface area contributed by atoms with Crippen molar-refractivity contribution in [2.75, 3.05) is 7.11 Å². The third-order valence-corrected chi connectivity index (χ3v) is 4.38. The van der Waals surface area contributed by atoms with Gasteiger partial charge in [-0.1, -0.05) is 23.8 Å². The SMILES string of the molecule is COc1c(C)c(O)cc(CCc2cccc(O)c2O)c1CC=C(C)C. The van der Waals surface area contributed by atoms with E-state index in [4.69, 9.17) is 4.74 Å². The number of para-hydroxylation sites is 1. The minimum Gasteiger partial charge on any atom is -0.508 e. The van der Waals surface area contributed by atoms with Gasteiger partial charge in [-0.3, -0.25) is 0 Å². The summed E-state index contributed by atoms with van der Waals surface area (Å²) in [6.07, 6.45) is 4.01. The van der Waals surface area contributed by atoms with Crippen LogP contribution in [0.25, 0.3) is 0 Å². The van der Waals surface area contributed by atoms with Crippen LogP contribution in [0.4, 0.5) is 0 Å². The standard InChI is InChI=1S/C21H26O4/c1-13(2)8-11-17-16(12-19(23)14(3)21(17)25-4)10-9-15-6-5-7-18(22)20(15)24/h5-8,12,22-24H,9-11H2,1-4H3. The molecule has 0 aliphatic heterocycles. The average Bonchev–Trinajstić information content (AvgIpc) is 2.57. The fourth-order valence-electron chi connectivity index (χ4n) is 2.93. The first-order valence-electron chi connectivity index (χ1n) is 8.36. The van der Waals surface area contributed by atoms with E-state index >= 15 is 0 Å². The Kier molecular flexibility index (Phi) is 5.97. The van der Waals surface area contributed by atoms with E-state index in [1.165, 1.54) is 11.6 Å². The maximum atomic E-state index is 10.2. The topological polar surface area (TPSA) is 69.9 Å². The summed E-state index contributed by atoms with van der Waals surface area (Å²) in [4.78, 5) is 0. The van der Waals surface area contributed by atoms with Gasteiger partial charge in [-0.25, -0.2) is 0 Å². The minimum atomic E-state index is -0.119. The molecule has 0 aromatic heterocycles. The number of aromatic hydroxyl groups is 3. The molecule has 0 aliphatic carbocycles. The molecule has 0 fully saturated rings. The largest absolute Gasteiger partial charge is 0.508 e. The molecule has 0 radical (unpaired) electrons. The molecule has 0 amide bonds. The van der Waals surface area contributed by atoms with Crippen molar-refractivity contribution in [2.45, 2.75) is 40.0 Å². The van der Waals surface area contributed by atoms with Gasteiger partial charge in [0.1, 0.15) is 11.5 Å². The highest BCUT2D eigenvalue weighted by molar-refractivity contribution is 5.54. The number of rotatable bonds is 6. The smallest absolute Gasteiger partial charge is 0.160 e. The number of aryl methyl sites for hydroxylation is 2. The molecule has 3 N–H and O–H groups in total. The molecule has 4 heteroatoms. The molecule has 0 spiro atoms. The maximum Gasteiger partial charge on any atom is 0.160 e. The Morgan fingerprint density at radius 1 is 1.04 bits per heavy atom. The van der Waals surface area contributed by atoms with Crippen molar-refractivity contribution in [3.05, 3.63) is 58.2 Å². The predicted molar refractivity (Wildman–Crippen MR) is 99.7 cm³/mol. The number of allylic oxidation sites excluding steroid dienone is 2. The summed E-state index contributed by atoms with van der Waals surface area (Å²) in [6, 6.07) is 6.73. The fourth-order valence-corrected chi connectivity index (χ4v) is 2.93. The molecule has 134 valence electrons. The molecule has 4 nitrogen and oxygen atoms in total. The van der Waals surface area contributed by atoms with Crippen LogP contribution in [0, 0.1) is 6.92 Å². The lowest BCUT2D eigenvalue weighted by molar-refractivity contribution is 0.396. The zero-order valence-electron chi connectivity index (χ0n) is 15.3. The molecular formula is C21H26O4. The molecule has 2 aromatic rings. The molecule has 0 saturated carbocycles. The number of methoxy groups -OCH3 is 1. The summed E-state index contributed by atoms with van der Waals surface area (Å²) in [5, 5.41) is 29.9. The maximum absolute atomic E-state index is 10.2. The molecule has 2 rings (SSSR count). The van der Waals surface area contributed by atoms with E-state index in [0.717, 1.165) is 16.7 Å². The van der Waals surface area contributed by atoms with Gasteiger partial charge in [0.05, 0.1) is 7.11 Å². The lowest BCUT2D eigenvalue weighted by Gasteiger charge is -2.17. The van der Waals surface area contributed by atoms with Crippen molar-refractivity contribution in [1.82, 2.24) is 0 Å². The van der Waals surface area contributed by atoms with E-state index in [1.54, 1.807) is 25.3 Å². The van der Waals surface area contributed by atoms with Gasteiger partial charge >= 0.3 is 0 Å². The minimum absolute atomic E-state index is 0.0864. The number of phenols is 3. The summed E-state index contributed by atoms with van der Waals surface area (Å²) in [5.41, 5.74) is 4.62. The average molecular weight is 342 g/mol. The number of hydrogen-bond donors (Lipinski definition) is 3. The highest BCUT2D eigenvalue weighted by atomic mass is 16.5. The first kappa shape index (κ1) is 18.7. The van der Waals surface area contributed by atoms with Crippen LogP contribution in [0.15, 0.2) is 35.9 Å². The van der Waals surface area contributed by atoms with Crippen molar-refractivity contribution < 1.29 is 20.1 Å². The zero-order chi connectivity index (χ0) is 18.6. The molecule has 0 bridgehead atoms. The van der Waals surface area contributed by atoms with Crippen LogP contribution < -0.4 is 4.74 Å². The molecular weight excluding hydrogens is 316 g/mol. The highest BCUT2D eigenvalue weighted by Crippen LogP contribution is 2.36. The Labute approximate surface area is 149 Å². The summed E-state index contributed by atoms with van der Waals surface area (Å²) in [5.74, 6) is 0.698. The van der Waals surface area contributed by atoms with Gasteiger partial charge < -0.3 is 20.1 Å². The van der Waals surface area contributed by atoms with Gasteiger partial charge in [-0.05, 0) is 63.3 Å². The summed E-state index contributed by atoms with van der Waals surface area (Å²) in [6.45, 7) is 5.93. The third-order valence-electron chi connectivity index (χ3n) is 4.38. The zero-order valence-corrected chi connectivity index (χ0v) is 15.3. The van der Waals surface area contributed by atoms with E-state index in [0.29, 0.717) is 30.6 Å². The molecule has 0 unspecified atom stereocenters. The Hall–Kier alpha value is -2.62. The highest BCUT2D eigenvalue weighted by Gasteiger charge is 2.16. The number of hydrogen-bond acceptors (Lipinski definition) is 4. The van der Waals surface area contributed by atoms with E-state index in [-0.39, 0.29) is 17.2 Å². The van der Waals surface area contributed by atoms with Gasteiger partial charge in [0, 0.05) is 11.1 Å².